The number of nitrogen functional groups attached to an aromatic ring is 1. The fraction of sp³-hybridized carbons (Fsp3) is 0.286. The van der Waals surface area contributed by atoms with Crippen molar-refractivity contribution < 1.29 is 12.8 Å². The number of furan rings is 1. The summed E-state index contributed by atoms with van der Waals surface area (Å²) in [6, 6.07) is 8.09. The summed E-state index contributed by atoms with van der Waals surface area (Å²) in [6.45, 7) is 2.60. The first-order valence-electron chi connectivity index (χ1n) is 11.0. The Morgan fingerprint density at radius 2 is 2.11 bits per heavy atom. The zero-order valence-electron chi connectivity index (χ0n) is 18.7. The molecule has 1 aromatic carbocycles. The highest BCUT2D eigenvalue weighted by molar-refractivity contribution is 7.99. The van der Waals surface area contributed by atoms with Crippen LogP contribution in [0.25, 0.3) is 22.5 Å². The van der Waals surface area contributed by atoms with Crippen LogP contribution in [0.4, 0.5) is 11.5 Å². The normalized spacial score (nSPS) is 13.3. The van der Waals surface area contributed by atoms with Gasteiger partial charge in [0.25, 0.3) is 10.2 Å². The molecule has 1 aliphatic rings. The monoisotopic (exact) mass is 515 g/mol. The predicted molar refractivity (Wildman–Crippen MR) is 134 cm³/mol. The number of hydrogen-bond donors (Lipinski definition) is 5. The Kier molecular flexibility index (Phi) is 6.62. The Bertz CT molecular complexity index is 1450. The lowest BCUT2D eigenvalue weighted by molar-refractivity contribution is 0.559. The van der Waals surface area contributed by atoms with Crippen LogP contribution in [0.2, 0.25) is 0 Å². The lowest BCUT2D eigenvalue weighted by Gasteiger charge is -2.13. The number of nitrogens with one attached hydrogen (secondary N) is 3. The molecule has 7 N–H and O–H groups in total. The van der Waals surface area contributed by atoms with E-state index in [1.165, 1.54) is 23.7 Å². The minimum absolute atomic E-state index is 0.190. The third-order valence-corrected chi connectivity index (χ3v) is 7.20. The third kappa shape index (κ3) is 5.26. The fourth-order valence-electron chi connectivity index (χ4n) is 3.94. The highest BCUT2D eigenvalue weighted by Crippen LogP contribution is 2.41. The van der Waals surface area contributed by atoms with Crippen LogP contribution in [0.5, 0.6) is 0 Å². The Balaban J connectivity index is 1.43. The van der Waals surface area contributed by atoms with Crippen LogP contribution < -0.4 is 26.2 Å². The molecular weight excluding hydrogens is 490 g/mol. The molecule has 0 radical (unpaired) electrons. The van der Waals surface area contributed by atoms with E-state index in [0.717, 1.165) is 40.0 Å². The smallest absolute Gasteiger partial charge is 0.274 e. The number of benzene rings is 1. The summed E-state index contributed by atoms with van der Waals surface area (Å²) in [5, 5.41) is 12.3. The number of nitrogens with zero attached hydrogens (tertiary/aromatic N) is 4. The minimum Gasteiger partial charge on any atom is -0.464 e. The highest BCUT2D eigenvalue weighted by Gasteiger charge is 2.21. The first kappa shape index (κ1) is 23.6. The van der Waals surface area contributed by atoms with E-state index in [4.69, 9.17) is 20.3 Å². The molecule has 0 aliphatic carbocycles. The van der Waals surface area contributed by atoms with E-state index in [1.807, 2.05) is 16.7 Å². The van der Waals surface area contributed by atoms with Gasteiger partial charge in [-0.05, 0) is 36.2 Å². The molecule has 1 aliphatic heterocycles. The largest absolute Gasteiger partial charge is 0.464 e. The molecule has 0 atom stereocenters. The van der Waals surface area contributed by atoms with Gasteiger partial charge in [0, 0.05) is 48.9 Å². The maximum atomic E-state index is 11.0. The van der Waals surface area contributed by atoms with E-state index >= 15 is 0 Å². The van der Waals surface area contributed by atoms with Gasteiger partial charge in [-0.3, -0.25) is 0 Å². The van der Waals surface area contributed by atoms with Gasteiger partial charge in [-0.15, -0.1) is 0 Å². The first-order chi connectivity index (χ1) is 16.9. The third-order valence-electron chi connectivity index (χ3n) is 5.55. The second-order valence-electron chi connectivity index (χ2n) is 7.93. The Morgan fingerprint density at radius 1 is 1.23 bits per heavy atom. The standard InChI is InChI=1S/C21H25N9O3S2/c22-19-18-20(27-12-26-19)30(8-7-24-5-6-28-35(23,31)32)21(29-18)34-17-10-13-3-4-25-15(13)11-14(17)16-2-1-9-33-16/h1-2,9-12,24-25,28H,3-8H2,(H2,22,26,27)(H2,23,31,32). The molecule has 3 aromatic heterocycles. The van der Waals surface area contributed by atoms with Crippen LogP contribution >= 0.6 is 11.8 Å². The minimum atomic E-state index is -3.71. The van der Waals surface area contributed by atoms with Crippen LogP contribution in [-0.2, 0) is 23.2 Å². The maximum Gasteiger partial charge on any atom is 0.274 e. The summed E-state index contributed by atoms with van der Waals surface area (Å²) < 4.78 is 32.0. The highest BCUT2D eigenvalue weighted by atomic mass is 32.2. The molecule has 0 fully saturated rings. The van der Waals surface area contributed by atoms with Crippen molar-refractivity contribution in [1.29, 1.82) is 0 Å². The molecule has 0 spiro atoms. The lowest BCUT2D eigenvalue weighted by atomic mass is 10.1. The van der Waals surface area contributed by atoms with Crippen LogP contribution in [-0.4, -0.2) is 54.1 Å². The molecule has 184 valence electrons. The molecule has 4 aromatic rings. The summed E-state index contributed by atoms with van der Waals surface area (Å²) in [7, 11) is -3.71. The van der Waals surface area contributed by atoms with Crippen LogP contribution in [0.1, 0.15) is 5.56 Å². The van der Waals surface area contributed by atoms with E-state index in [0.29, 0.717) is 36.6 Å². The molecule has 0 saturated carbocycles. The van der Waals surface area contributed by atoms with Crippen molar-refractivity contribution in [2.24, 2.45) is 5.14 Å². The molecule has 12 nitrogen and oxygen atoms in total. The van der Waals surface area contributed by atoms with Gasteiger partial charge >= 0.3 is 0 Å². The van der Waals surface area contributed by atoms with Gasteiger partial charge in [-0.25, -0.2) is 24.8 Å². The van der Waals surface area contributed by atoms with Gasteiger partial charge in [0.05, 0.1) is 6.26 Å². The number of aromatic nitrogens is 4. The quantitative estimate of drug-likeness (QED) is 0.192. The molecule has 0 saturated heterocycles. The second-order valence-corrected chi connectivity index (χ2v) is 10.3. The SMILES string of the molecule is Nc1ncnc2c1nc(Sc1cc3c(cc1-c1ccco1)NCC3)n2CCNCCNS(N)(=O)=O. The summed E-state index contributed by atoms with van der Waals surface area (Å²) in [5.74, 6) is 1.08. The number of hydrogen-bond acceptors (Lipinski definition) is 10. The summed E-state index contributed by atoms with van der Waals surface area (Å²) in [6.07, 6.45) is 4.03. The second kappa shape index (κ2) is 9.83. The van der Waals surface area contributed by atoms with Crippen molar-refractivity contribution in [3.63, 3.8) is 0 Å². The van der Waals surface area contributed by atoms with E-state index in [9.17, 15) is 8.42 Å². The van der Waals surface area contributed by atoms with Crippen LogP contribution in [0.15, 0.2) is 51.3 Å². The predicted octanol–water partition coefficient (Wildman–Crippen LogP) is 1.17. The number of imidazole rings is 1. The summed E-state index contributed by atoms with van der Waals surface area (Å²) in [5.41, 5.74) is 10.6. The van der Waals surface area contributed by atoms with Gasteiger partial charge in [0.1, 0.15) is 12.1 Å². The molecule has 0 bridgehead atoms. The maximum absolute atomic E-state index is 11.0. The Morgan fingerprint density at radius 3 is 2.91 bits per heavy atom. The van der Waals surface area contributed by atoms with Gasteiger partial charge in [-0.1, -0.05) is 11.8 Å². The number of anilines is 2. The van der Waals surface area contributed by atoms with Gasteiger partial charge in [-0.2, -0.15) is 8.42 Å². The molecular formula is C21H25N9O3S2. The average molecular weight is 516 g/mol. The van der Waals surface area contributed by atoms with Crippen molar-refractivity contribution in [2.75, 3.05) is 37.2 Å². The topological polar surface area (TPSA) is 179 Å². The zero-order valence-corrected chi connectivity index (χ0v) is 20.3. The Labute approximate surface area is 206 Å². The van der Waals surface area contributed by atoms with Crippen LogP contribution in [0, 0.1) is 0 Å². The summed E-state index contributed by atoms with van der Waals surface area (Å²) in [4.78, 5) is 14.3. The van der Waals surface area contributed by atoms with E-state index in [1.54, 1.807) is 6.26 Å². The number of rotatable bonds is 10. The van der Waals surface area contributed by atoms with E-state index in [2.05, 4.69) is 37.5 Å². The average Bonchev–Trinajstić information content (AvgIpc) is 3.56. The molecule has 0 unspecified atom stereocenters. The van der Waals surface area contributed by atoms with Gasteiger partial charge < -0.3 is 25.4 Å². The van der Waals surface area contributed by atoms with Gasteiger partial charge in [0.2, 0.25) is 0 Å². The van der Waals surface area contributed by atoms with Crippen molar-refractivity contribution >= 4 is 44.6 Å². The van der Waals surface area contributed by atoms with Crippen LogP contribution in [0.3, 0.4) is 0 Å². The zero-order chi connectivity index (χ0) is 24.4. The molecule has 14 heteroatoms. The van der Waals surface area contributed by atoms with E-state index in [-0.39, 0.29) is 6.54 Å². The fourth-order valence-corrected chi connectivity index (χ4v) is 5.42. The molecule has 0 amide bonds. The van der Waals surface area contributed by atoms with Crippen molar-refractivity contribution in [1.82, 2.24) is 29.6 Å². The van der Waals surface area contributed by atoms with Crippen molar-refractivity contribution in [2.45, 2.75) is 23.0 Å². The molecule has 4 heterocycles. The Hall–Kier alpha value is -3.17. The number of nitrogens with two attached hydrogens (primary N) is 2. The van der Waals surface area contributed by atoms with Gasteiger partial charge in [0.15, 0.2) is 22.1 Å². The molecule has 35 heavy (non-hydrogen) atoms. The number of fused-ring (bicyclic) bond motifs is 2. The lowest BCUT2D eigenvalue weighted by Crippen LogP contribution is -2.36. The molecule has 5 rings (SSSR count). The van der Waals surface area contributed by atoms with Crippen molar-refractivity contribution in [3.05, 3.63) is 42.4 Å². The first-order valence-corrected chi connectivity index (χ1v) is 13.3. The summed E-state index contributed by atoms with van der Waals surface area (Å²) >= 11 is 1.52. The van der Waals surface area contributed by atoms with Crippen molar-refractivity contribution in [3.8, 4) is 11.3 Å². The van der Waals surface area contributed by atoms with E-state index < -0.39 is 10.2 Å².